The van der Waals surface area contributed by atoms with E-state index < -0.39 is 11.9 Å². The summed E-state index contributed by atoms with van der Waals surface area (Å²) in [7, 11) is 0. The molecule has 2 aromatic rings. The molecule has 0 fully saturated rings. The Labute approximate surface area is 120 Å². The van der Waals surface area contributed by atoms with Gasteiger partial charge in [-0.25, -0.2) is 4.79 Å². The average Bonchev–Trinajstić information content (AvgIpc) is 2.73. The van der Waals surface area contributed by atoms with E-state index in [4.69, 9.17) is 10.8 Å². The lowest BCUT2D eigenvalue weighted by Gasteiger charge is -2.08. The number of amides is 1. The highest BCUT2D eigenvalue weighted by Crippen LogP contribution is 2.28. The lowest BCUT2D eigenvalue weighted by Crippen LogP contribution is -2.15. The molecule has 0 atom stereocenters. The van der Waals surface area contributed by atoms with Crippen molar-refractivity contribution in [3.05, 3.63) is 45.8 Å². The van der Waals surface area contributed by atoms with Crippen LogP contribution in [0.25, 0.3) is 0 Å². The highest BCUT2D eigenvalue weighted by molar-refractivity contribution is 7.16. The van der Waals surface area contributed by atoms with Gasteiger partial charge in [-0.1, -0.05) is 12.1 Å². The third kappa shape index (κ3) is 2.65. The largest absolute Gasteiger partial charge is 0.478 e. The van der Waals surface area contributed by atoms with E-state index in [1.54, 1.807) is 19.1 Å². The van der Waals surface area contributed by atoms with Gasteiger partial charge in [0.15, 0.2) is 0 Å². The highest BCUT2D eigenvalue weighted by atomic mass is 32.1. The van der Waals surface area contributed by atoms with Crippen LogP contribution in [0.4, 0.5) is 10.7 Å². The maximum Gasteiger partial charge on any atom is 0.338 e. The van der Waals surface area contributed by atoms with Gasteiger partial charge in [-0.3, -0.25) is 4.79 Å². The van der Waals surface area contributed by atoms with Gasteiger partial charge in [0.2, 0.25) is 0 Å². The monoisotopic (exact) mass is 290 g/mol. The minimum absolute atomic E-state index is 0.0899. The van der Waals surface area contributed by atoms with Crippen molar-refractivity contribution in [1.29, 1.82) is 0 Å². The Bertz CT molecular complexity index is 692. The van der Waals surface area contributed by atoms with Crippen LogP contribution in [0.5, 0.6) is 0 Å². The van der Waals surface area contributed by atoms with E-state index in [1.807, 2.05) is 13.0 Å². The summed E-state index contributed by atoms with van der Waals surface area (Å²) >= 11 is 1.22. The molecule has 1 amide bonds. The van der Waals surface area contributed by atoms with Gasteiger partial charge in [-0.15, -0.1) is 11.3 Å². The molecular formula is C14H14N2O3S. The number of benzene rings is 1. The zero-order valence-electron chi connectivity index (χ0n) is 11.1. The molecule has 5 nitrogen and oxygen atoms in total. The Morgan fingerprint density at radius 3 is 2.60 bits per heavy atom. The van der Waals surface area contributed by atoms with Crippen LogP contribution >= 0.6 is 11.3 Å². The fourth-order valence-electron chi connectivity index (χ4n) is 1.82. The number of hydrogen-bond donors (Lipinski definition) is 3. The standard InChI is InChI=1S/C14H14N2O3S/c1-7-4-3-5-9(11(7)15)12(17)16-13-10(14(18)19)6-8(2)20-13/h3-6H,15H2,1-2H3,(H,16,17)(H,18,19). The summed E-state index contributed by atoms with van der Waals surface area (Å²) in [4.78, 5) is 24.1. The molecule has 104 valence electrons. The third-order valence-electron chi connectivity index (χ3n) is 2.88. The van der Waals surface area contributed by atoms with Gasteiger partial charge in [-0.2, -0.15) is 0 Å². The third-order valence-corrected chi connectivity index (χ3v) is 3.85. The first-order valence-corrected chi connectivity index (χ1v) is 6.72. The first-order valence-electron chi connectivity index (χ1n) is 5.90. The Balaban J connectivity index is 2.33. The van der Waals surface area contributed by atoms with Gasteiger partial charge >= 0.3 is 5.97 Å². The predicted octanol–water partition coefficient (Wildman–Crippen LogP) is 2.90. The molecule has 1 aromatic heterocycles. The molecule has 0 aliphatic rings. The summed E-state index contributed by atoms with van der Waals surface area (Å²) in [5.74, 6) is -1.47. The molecule has 1 heterocycles. The maximum absolute atomic E-state index is 12.2. The predicted molar refractivity (Wildman–Crippen MR) is 79.6 cm³/mol. The van der Waals surface area contributed by atoms with Crippen LogP contribution in [0, 0.1) is 13.8 Å². The molecule has 0 aliphatic carbocycles. The van der Waals surface area contributed by atoms with E-state index in [2.05, 4.69) is 5.32 Å². The molecule has 20 heavy (non-hydrogen) atoms. The zero-order valence-corrected chi connectivity index (χ0v) is 11.9. The number of rotatable bonds is 3. The summed E-state index contributed by atoms with van der Waals surface area (Å²) in [6.45, 7) is 3.60. The van der Waals surface area contributed by atoms with Crippen LogP contribution in [-0.4, -0.2) is 17.0 Å². The number of nitrogens with two attached hydrogens (primary N) is 1. The van der Waals surface area contributed by atoms with Crippen molar-refractivity contribution in [2.45, 2.75) is 13.8 Å². The molecule has 0 saturated carbocycles. The van der Waals surface area contributed by atoms with E-state index in [-0.39, 0.29) is 5.56 Å². The molecular weight excluding hydrogens is 276 g/mol. The smallest absolute Gasteiger partial charge is 0.338 e. The second kappa shape index (κ2) is 5.34. The van der Waals surface area contributed by atoms with Crippen molar-refractivity contribution in [1.82, 2.24) is 0 Å². The quantitative estimate of drug-likeness (QED) is 0.758. The zero-order chi connectivity index (χ0) is 14.9. The van der Waals surface area contributed by atoms with Crippen LogP contribution in [0.3, 0.4) is 0 Å². The number of carboxylic acid groups (broad SMARTS) is 1. The number of nitrogens with one attached hydrogen (secondary N) is 1. The van der Waals surface area contributed by atoms with Crippen LogP contribution in [-0.2, 0) is 0 Å². The fraction of sp³-hybridized carbons (Fsp3) is 0.143. The average molecular weight is 290 g/mol. The maximum atomic E-state index is 12.2. The summed E-state index contributed by atoms with van der Waals surface area (Å²) in [6, 6.07) is 6.68. The first kappa shape index (κ1) is 14.1. The lowest BCUT2D eigenvalue weighted by atomic mass is 10.1. The number of nitrogen functional groups attached to an aromatic ring is 1. The van der Waals surface area contributed by atoms with Crippen molar-refractivity contribution >= 4 is 33.9 Å². The van der Waals surface area contributed by atoms with Gasteiger partial charge in [-0.05, 0) is 31.5 Å². The van der Waals surface area contributed by atoms with Crippen LogP contribution in [0.2, 0.25) is 0 Å². The first-order chi connectivity index (χ1) is 9.40. The molecule has 0 bridgehead atoms. The highest BCUT2D eigenvalue weighted by Gasteiger charge is 2.18. The molecule has 0 aliphatic heterocycles. The van der Waals surface area contributed by atoms with Gasteiger partial charge in [0, 0.05) is 10.6 Å². The lowest BCUT2D eigenvalue weighted by molar-refractivity contribution is 0.0698. The SMILES string of the molecule is Cc1cc(C(=O)O)c(NC(=O)c2cccc(C)c2N)s1. The molecule has 2 rings (SSSR count). The summed E-state index contributed by atoms with van der Waals surface area (Å²) in [5.41, 5.74) is 7.50. The molecule has 1 aromatic carbocycles. The number of aryl methyl sites for hydroxylation is 2. The fourth-order valence-corrected chi connectivity index (χ4v) is 2.71. The number of hydrogen-bond acceptors (Lipinski definition) is 4. The number of carbonyl (C=O) groups excluding carboxylic acids is 1. The number of carboxylic acids is 1. The van der Waals surface area contributed by atoms with E-state index >= 15 is 0 Å². The van der Waals surface area contributed by atoms with Gasteiger partial charge in [0.05, 0.1) is 11.1 Å². The molecule has 6 heteroatoms. The van der Waals surface area contributed by atoms with Crippen LogP contribution < -0.4 is 11.1 Å². The van der Waals surface area contributed by atoms with Gasteiger partial charge in [0.1, 0.15) is 5.00 Å². The van der Waals surface area contributed by atoms with Gasteiger partial charge < -0.3 is 16.2 Å². The number of thiophene rings is 1. The summed E-state index contributed by atoms with van der Waals surface area (Å²) in [6.07, 6.45) is 0. The minimum atomic E-state index is -1.07. The van der Waals surface area contributed by atoms with Crippen molar-refractivity contribution in [3.8, 4) is 0 Å². The van der Waals surface area contributed by atoms with Crippen molar-refractivity contribution < 1.29 is 14.7 Å². The number of aromatic carboxylic acids is 1. The van der Waals surface area contributed by atoms with E-state index in [0.717, 1.165) is 10.4 Å². The summed E-state index contributed by atoms with van der Waals surface area (Å²) in [5, 5.41) is 12.0. The Morgan fingerprint density at radius 1 is 1.25 bits per heavy atom. The van der Waals surface area contributed by atoms with E-state index in [1.165, 1.54) is 17.4 Å². The van der Waals surface area contributed by atoms with E-state index in [0.29, 0.717) is 16.3 Å². The minimum Gasteiger partial charge on any atom is -0.478 e. The van der Waals surface area contributed by atoms with Crippen LogP contribution in [0.1, 0.15) is 31.2 Å². The van der Waals surface area contributed by atoms with Gasteiger partial charge in [0.25, 0.3) is 5.91 Å². The number of carbonyl (C=O) groups is 2. The van der Waals surface area contributed by atoms with Crippen LogP contribution in [0.15, 0.2) is 24.3 Å². The van der Waals surface area contributed by atoms with Crippen molar-refractivity contribution in [2.75, 3.05) is 11.1 Å². The number of anilines is 2. The Hall–Kier alpha value is -2.34. The molecule has 0 unspecified atom stereocenters. The summed E-state index contributed by atoms with van der Waals surface area (Å²) < 4.78 is 0. The topological polar surface area (TPSA) is 92.4 Å². The molecule has 0 spiro atoms. The van der Waals surface area contributed by atoms with Crippen molar-refractivity contribution in [3.63, 3.8) is 0 Å². The van der Waals surface area contributed by atoms with Crippen molar-refractivity contribution in [2.24, 2.45) is 0 Å². The number of para-hydroxylation sites is 1. The van der Waals surface area contributed by atoms with E-state index in [9.17, 15) is 9.59 Å². The second-order valence-corrected chi connectivity index (χ2v) is 5.65. The normalized spacial score (nSPS) is 10.3. The Morgan fingerprint density at radius 2 is 1.95 bits per heavy atom. The second-order valence-electron chi connectivity index (χ2n) is 4.40. The molecule has 0 radical (unpaired) electrons. The molecule has 4 N–H and O–H groups in total. The molecule has 0 saturated heterocycles. The Kier molecular flexibility index (Phi) is 3.76.